The Kier molecular flexibility index (Phi) is 3.56. The van der Waals surface area contributed by atoms with Gasteiger partial charge in [0.25, 0.3) is 0 Å². The van der Waals surface area contributed by atoms with Crippen LogP contribution in [0.4, 0.5) is 0 Å². The van der Waals surface area contributed by atoms with E-state index in [0.717, 1.165) is 0 Å². The van der Waals surface area contributed by atoms with Crippen molar-refractivity contribution in [1.29, 1.82) is 0 Å². The van der Waals surface area contributed by atoms with Crippen molar-refractivity contribution in [2.24, 2.45) is 0 Å². The molecule has 0 aliphatic carbocycles. The SMILES string of the molecule is Cc1cnccc1SC(C)CO. The molecule has 12 heavy (non-hydrogen) atoms. The van der Waals surface area contributed by atoms with Gasteiger partial charge in [-0.3, -0.25) is 4.98 Å². The van der Waals surface area contributed by atoms with E-state index in [1.54, 1.807) is 18.0 Å². The number of hydrogen-bond donors (Lipinski definition) is 1. The maximum atomic E-state index is 8.85. The van der Waals surface area contributed by atoms with Crippen molar-refractivity contribution in [2.45, 2.75) is 24.0 Å². The van der Waals surface area contributed by atoms with E-state index in [4.69, 9.17) is 5.11 Å². The fourth-order valence-corrected chi connectivity index (χ4v) is 1.73. The van der Waals surface area contributed by atoms with Gasteiger partial charge in [0, 0.05) is 22.5 Å². The van der Waals surface area contributed by atoms with E-state index < -0.39 is 0 Å². The summed E-state index contributed by atoms with van der Waals surface area (Å²) in [5, 5.41) is 9.11. The van der Waals surface area contributed by atoms with Gasteiger partial charge in [0.1, 0.15) is 0 Å². The molecule has 1 aromatic heterocycles. The predicted molar refractivity (Wildman–Crippen MR) is 51.4 cm³/mol. The second kappa shape index (κ2) is 4.48. The standard InChI is InChI=1S/C9H13NOS/c1-7-5-10-4-3-9(7)12-8(2)6-11/h3-5,8,11H,6H2,1-2H3. The summed E-state index contributed by atoms with van der Waals surface area (Å²) in [6, 6.07) is 1.98. The molecule has 0 amide bonds. The van der Waals surface area contributed by atoms with Gasteiger partial charge in [-0.1, -0.05) is 6.92 Å². The van der Waals surface area contributed by atoms with Gasteiger partial charge in [-0.2, -0.15) is 0 Å². The van der Waals surface area contributed by atoms with Crippen molar-refractivity contribution >= 4 is 11.8 Å². The molecule has 0 bridgehead atoms. The highest BCUT2D eigenvalue weighted by molar-refractivity contribution is 8.00. The number of aromatic nitrogens is 1. The summed E-state index contributed by atoms with van der Waals surface area (Å²) in [7, 11) is 0. The number of nitrogens with zero attached hydrogens (tertiary/aromatic N) is 1. The van der Waals surface area contributed by atoms with Crippen LogP contribution in [0.15, 0.2) is 23.4 Å². The maximum Gasteiger partial charge on any atom is 0.0550 e. The van der Waals surface area contributed by atoms with Crippen LogP contribution >= 0.6 is 11.8 Å². The topological polar surface area (TPSA) is 33.1 Å². The Morgan fingerprint density at radius 3 is 3.00 bits per heavy atom. The summed E-state index contributed by atoms with van der Waals surface area (Å²) in [6.45, 7) is 4.25. The average molecular weight is 183 g/mol. The van der Waals surface area contributed by atoms with Crippen LogP contribution in [-0.4, -0.2) is 21.9 Å². The van der Waals surface area contributed by atoms with Crippen molar-refractivity contribution < 1.29 is 5.11 Å². The zero-order valence-electron chi connectivity index (χ0n) is 7.32. The van der Waals surface area contributed by atoms with Crippen LogP contribution in [-0.2, 0) is 0 Å². The minimum absolute atomic E-state index is 0.215. The van der Waals surface area contributed by atoms with E-state index in [-0.39, 0.29) is 11.9 Å². The third-order valence-electron chi connectivity index (χ3n) is 1.55. The van der Waals surface area contributed by atoms with Crippen LogP contribution in [0.2, 0.25) is 0 Å². The lowest BCUT2D eigenvalue weighted by Gasteiger charge is -2.08. The van der Waals surface area contributed by atoms with Gasteiger partial charge in [-0.25, -0.2) is 0 Å². The highest BCUT2D eigenvalue weighted by Gasteiger charge is 2.04. The van der Waals surface area contributed by atoms with E-state index in [0.29, 0.717) is 0 Å². The quantitative estimate of drug-likeness (QED) is 0.726. The van der Waals surface area contributed by atoms with Crippen molar-refractivity contribution in [3.05, 3.63) is 24.0 Å². The highest BCUT2D eigenvalue weighted by Crippen LogP contribution is 2.24. The molecule has 0 radical (unpaired) electrons. The molecule has 1 unspecified atom stereocenters. The van der Waals surface area contributed by atoms with E-state index in [2.05, 4.69) is 4.98 Å². The normalized spacial score (nSPS) is 12.9. The number of aryl methyl sites for hydroxylation is 1. The Bertz CT molecular complexity index is 252. The molecule has 1 heterocycles. The van der Waals surface area contributed by atoms with Crippen molar-refractivity contribution in [2.75, 3.05) is 6.61 Å². The number of aliphatic hydroxyl groups is 1. The first-order valence-electron chi connectivity index (χ1n) is 3.92. The number of pyridine rings is 1. The van der Waals surface area contributed by atoms with E-state index in [1.807, 2.05) is 26.1 Å². The molecule has 0 aliphatic heterocycles. The maximum absolute atomic E-state index is 8.85. The number of rotatable bonds is 3. The number of aliphatic hydroxyl groups excluding tert-OH is 1. The molecule has 0 fully saturated rings. The molecule has 0 saturated heterocycles. The van der Waals surface area contributed by atoms with Gasteiger partial charge in [0.05, 0.1) is 6.61 Å². The molecule has 1 N–H and O–H groups in total. The van der Waals surface area contributed by atoms with Crippen LogP contribution in [0.5, 0.6) is 0 Å². The summed E-state index contributed by atoms with van der Waals surface area (Å²) in [6.07, 6.45) is 3.62. The second-order valence-corrected chi connectivity index (χ2v) is 4.23. The van der Waals surface area contributed by atoms with E-state index >= 15 is 0 Å². The fourth-order valence-electron chi connectivity index (χ4n) is 0.847. The zero-order chi connectivity index (χ0) is 8.97. The summed E-state index contributed by atoms with van der Waals surface area (Å²) < 4.78 is 0. The van der Waals surface area contributed by atoms with Crippen LogP contribution in [0.3, 0.4) is 0 Å². The summed E-state index contributed by atoms with van der Waals surface area (Å²) >= 11 is 1.68. The molecule has 0 saturated carbocycles. The summed E-state index contributed by atoms with van der Waals surface area (Å²) in [4.78, 5) is 5.20. The molecule has 1 aromatic rings. The van der Waals surface area contributed by atoms with Gasteiger partial charge in [-0.15, -0.1) is 11.8 Å². The van der Waals surface area contributed by atoms with Gasteiger partial charge in [0.15, 0.2) is 0 Å². The molecule has 2 nitrogen and oxygen atoms in total. The van der Waals surface area contributed by atoms with Crippen LogP contribution in [0, 0.1) is 6.92 Å². The zero-order valence-corrected chi connectivity index (χ0v) is 8.14. The smallest absolute Gasteiger partial charge is 0.0550 e. The third kappa shape index (κ3) is 2.50. The lowest BCUT2D eigenvalue weighted by atomic mass is 10.3. The Morgan fingerprint density at radius 2 is 2.42 bits per heavy atom. The summed E-state index contributed by atoms with van der Waals surface area (Å²) in [5.74, 6) is 0. The monoisotopic (exact) mass is 183 g/mol. The Morgan fingerprint density at radius 1 is 1.67 bits per heavy atom. The first-order chi connectivity index (χ1) is 5.74. The molecular formula is C9H13NOS. The molecular weight excluding hydrogens is 170 g/mol. The van der Waals surface area contributed by atoms with Gasteiger partial charge >= 0.3 is 0 Å². The molecule has 66 valence electrons. The van der Waals surface area contributed by atoms with Crippen LogP contribution in [0.1, 0.15) is 12.5 Å². The van der Waals surface area contributed by atoms with E-state index in [1.165, 1.54) is 10.5 Å². The largest absolute Gasteiger partial charge is 0.395 e. The Labute approximate surface area is 77.0 Å². The average Bonchev–Trinajstić information content (AvgIpc) is 2.09. The molecule has 0 spiro atoms. The highest BCUT2D eigenvalue weighted by atomic mass is 32.2. The number of hydrogen-bond acceptors (Lipinski definition) is 3. The van der Waals surface area contributed by atoms with Crippen molar-refractivity contribution in [3.8, 4) is 0 Å². The first-order valence-corrected chi connectivity index (χ1v) is 4.80. The van der Waals surface area contributed by atoms with Crippen molar-refractivity contribution in [3.63, 3.8) is 0 Å². The molecule has 1 rings (SSSR count). The Hall–Kier alpha value is -0.540. The van der Waals surface area contributed by atoms with Crippen molar-refractivity contribution in [1.82, 2.24) is 4.98 Å². The molecule has 0 aliphatic rings. The minimum atomic E-state index is 0.215. The van der Waals surface area contributed by atoms with Crippen LogP contribution < -0.4 is 0 Å². The molecule has 0 aromatic carbocycles. The van der Waals surface area contributed by atoms with Crippen LogP contribution in [0.25, 0.3) is 0 Å². The minimum Gasteiger partial charge on any atom is -0.395 e. The van der Waals surface area contributed by atoms with Gasteiger partial charge in [0.2, 0.25) is 0 Å². The molecule has 3 heteroatoms. The molecule has 1 atom stereocenters. The summed E-state index contributed by atoms with van der Waals surface area (Å²) in [5.41, 5.74) is 1.17. The first kappa shape index (κ1) is 9.55. The lowest BCUT2D eigenvalue weighted by Crippen LogP contribution is -2.01. The second-order valence-electron chi connectivity index (χ2n) is 2.75. The fraction of sp³-hybridized carbons (Fsp3) is 0.444. The number of thioether (sulfide) groups is 1. The van der Waals surface area contributed by atoms with E-state index in [9.17, 15) is 0 Å². The van der Waals surface area contributed by atoms with Gasteiger partial charge in [-0.05, 0) is 18.6 Å². The Balaban J connectivity index is 2.69. The third-order valence-corrected chi connectivity index (χ3v) is 2.82. The lowest BCUT2D eigenvalue weighted by molar-refractivity contribution is 0.300. The predicted octanol–water partition coefficient (Wildman–Crippen LogP) is 1.86. The van der Waals surface area contributed by atoms with Gasteiger partial charge < -0.3 is 5.11 Å².